The number of fused-ring (bicyclic) bond motifs is 7. The molecule has 2 atom stereocenters. The number of aromatic nitrogens is 5. The van der Waals surface area contributed by atoms with Crippen molar-refractivity contribution in [3.05, 3.63) is 127 Å². The molecule has 0 saturated carbocycles. The second kappa shape index (κ2) is 18.1. The molecule has 2 N–H and O–H groups in total. The number of para-hydroxylation sites is 1. The fourth-order valence-electron chi connectivity index (χ4n) is 9.62. The van der Waals surface area contributed by atoms with Gasteiger partial charge in [-0.05, 0) is 99.0 Å². The zero-order chi connectivity index (χ0) is 42.8. The Morgan fingerprint density at radius 2 is 1.72 bits per heavy atom. The zero-order valence-electron chi connectivity index (χ0n) is 37.2. The normalized spacial score (nSPS) is 19.3. The first-order chi connectivity index (χ1) is 29.4. The van der Waals surface area contributed by atoms with E-state index in [9.17, 15) is 0 Å². The van der Waals surface area contributed by atoms with E-state index in [4.69, 9.17) is 9.97 Å². The molecule has 2 fully saturated rings. The Kier molecular flexibility index (Phi) is 12.5. The standard InChI is InChI=1S/C50H65N11/c1-10-56(7)49-40(15-13-17-47(49)57(8)45-21-18-35(3)52-38(45)6)22-23-59-24-26-60(27-25-59)33-39-19-20-43-48(29-39)61-32-34(2)14-11-12-16-46-42(31-51-58(46)9)44-30-41(28-36(4)53-44)37(5)54-50(61)55-43/h10,13,15,17,19-20,28-31,34,45,52H,1,3,5-6,11-12,14,16,18,21-27,32-33H2,2,4,7-9H3,(H,54,55)/t34-,45?/m1/s1. The maximum Gasteiger partial charge on any atom is 0.208 e. The molecule has 0 aliphatic carbocycles. The Labute approximate surface area is 363 Å². The molecule has 6 heterocycles. The Morgan fingerprint density at radius 3 is 2.51 bits per heavy atom. The third-order valence-electron chi connectivity index (χ3n) is 13.2. The van der Waals surface area contributed by atoms with E-state index in [1.807, 2.05) is 31.1 Å². The highest BCUT2D eigenvalue weighted by atomic mass is 15.3. The van der Waals surface area contributed by atoms with Gasteiger partial charge in [-0.2, -0.15) is 5.10 Å². The van der Waals surface area contributed by atoms with Gasteiger partial charge >= 0.3 is 0 Å². The smallest absolute Gasteiger partial charge is 0.208 e. The second-order valence-electron chi connectivity index (χ2n) is 17.7. The van der Waals surface area contributed by atoms with Gasteiger partial charge in [0.15, 0.2) is 0 Å². The maximum absolute atomic E-state index is 5.16. The van der Waals surface area contributed by atoms with Crippen LogP contribution in [0.15, 0.2) is 98.6 Å². The lowest BCUT2D eigenvalue weighted by Crippen LogP contribution is -2.46. The van der Waals surface area contributed by atoms with Crippen molar-refractivity contribution >= 4 is 34.1 Å². The van der Waals surface area contributed by atoms with Crippen LogP contribution in [0.1, 0.15) is 67.1 Å². The Morgan fingerprint density at radius 1 is 0.918 bits per heavy atom. The van der Waals surface area contributed by atoms with E-state index in [-0.39, 0.29) is 6.04 Å². The lowest BCUT2D eigenvalue weighted by atomic mass is 9.99. The van der Waals surface area contributed by atoms with Crippen LogP contribution in [0.5, 0.6) is 0 Å². The predicted molar refractivity (Wildman–Crippen MR) is 254 cm³/mol. The zero-order valence-corrected chi connectivity index (χ0v) is 37.2. The maximum atomic E-state index is 5.16. The number of benzene rings is 2. The number of piperazine rings is 1. The third kappa shape index (κ3) is 9.18. The molecule has 2 bridgehead atoms. The minimum Gasteiger partial charge on any atom is -0.364 e. The Bertz CT molecular complexity index is 2430. The first kappa shape index (κ1) is 42.1. The van der Waals surface area contributed by atoms with Crippen molar-refractivity contribution in [3.63, 3.8) is 0 Å². The van der Waals surface area contributed by atoms with Crippen LogP contribution in [0.4, 0.5) is 17.3 Å². The van der Waals surface area contributed by atoms with Crippen molar-refractivity contribution < 1.29 is 0 Å². The van der Waals surface area contributed by atoms with E-state index < -0.39 is 0 Å². The summed E-state index contributed by atoms with van der Waals surface area (Å²) in [6, 6.07) is 18.0. The molecule has 0 amide bonds. The summed E-state index contributed by atoms with van der Waals surface area (Å²) in [5, 5.41) is 11.7. The summed E-state index contributed by atoms with van der Waals surface area (Å²) in [6.07, 6.45) is 11.2. The summed E-state index contributed by atoms with van der Waals surface area (Å²) in [4.78, 5) is 19.9. The summed E-state index contributed by atoms with van der Waals surface area (Å²) < 4.78 is 4.41. The topological polar surface area (TPSA) is 85.5 Å². The molecule has 3 aromatic heterocycles. The molecule has 2 saturated heterocycles. The molecule has 0 radical (unpaired) electrons. The van der Waals surface area contributed by atoms with Gasteiger partial charge in [0.1, 0.15) is 0 Å². The van der Waals surface area contributed by atoms with Crippen LogP contribution in [0, 0.1) is 12.8 Å². The lowest BCUT2D eigenvalue weighted by molar-refractivity contribution is 0.128. The van der Waals surface area contributed by atoms with E-state index in [0.29, 0.717) is 5.92 Å². The summed E-state index contributed by atoms with van der Waals surface area (Å²) >= 11 is 0. The first-order valence-corrected chi connectivity index (χ1v) is 22.2. The van der Waals surface area contributed by atoms with Crippen LogP contribution in [0.2, 0.25) is 0 Å². The summed E-state index contributed by atoms with van der Waals surface area (Å²) in [5.41, 5.74) is 15.4. The predicted octanol–water partition coefficient (Wildman–Crippen LogP) is 8.74. The van der Waals surface area contributed by atoms with Gasteiger partial charge in [0.25, 0.3) is 0 Å². The Hall–Kier alpha value is -5.65. The van der Waals surface area contributed by atoms with Gasteiger partial charge in [-0.25, -0.2) is 4.98 Å². The fourth-order valence-corrected chi connectivity index (χ4v) is 9.62. The number of aryl methyl sites for hydroxylation is 2. The molecule has 11 heteroatoms. The average molecular weight is 820 g/mol. The first-order valence-electron chi connectivity index (χ1n) is 22.2. The molecule has 61 heavy (non-hydrogen) atoms. The lowest BCUT2D eigenvalue weighted by Gasteiger charge is -2.38. The van der Waals surface area contributed by atoms with Crippen LogP contribution >= 0.6 is 0 Å². The average Bonchev–Trinajstić information content (AvgIpc) is 3.78. The van der Waals surface area contributed by atoms with Crippen LogP contribution in [-0.4, -0.2) is 87.0 Å². The van der Waals surface area contributed by atoms with Crippen molar-refractivity contribution in [2.45, 2.75) is 77.9 Å². The van der Waals surface area contributed by atoms with E-state index in [1.54, 1.807) is 0 Å². The molecule has 11 nitrogen and oxygen atoms in total. The number of rotatable bonds is 9. The molecule has 3 aliphatic rings. The van der Waals surface area contributed by atoms with Gasteiger partial charge in [0.05, 0.1) is 40.3 Å². The number of pyridine rings is 1. The number of anilines is 3. The highest BCUT2D eigenvalue weighted by Gasteiger charge is 2.27. The van der Waals surface area contributed by atoms with Gasteiger partial charge in [-0.3, -0.25) is 14.6 Å². The number of piperidine rings is 1. The van der Waals surface area contributed by atoms with Crippen molar-refractivity contribution in [1.82, 2.24) is 39.4 Å². The van der Waals surface area contributed by atoms with E-state index in [1.165, 1.54) is 33.7 Å². The Balaban J connectivity index is 0.946. The highest BCUT2D eigenvalue weighted by Crippen LogP contribution is 2.37. The van der Waals surface area contributed by atoms with Gasteiger partial charge in [0, 0.05) is 107 Å². The number of likely N-dealkylation sites (N-methyl/N-ethyl adjacent to an activating group) is 1. The number of imidazole rings is 1. The van der Waals surface area contributed by atoms with Gasteiger partial charge < -0.3 is 29.9 Å². The monoisotopic (exact) mass is 820 g/mol. The minimum absolute atomic E-state index is 0.205. The molecular weight excluding hydrogens is 755 g/mol. The van der Waals surface area contributed by atoms with Crippen molar-refractivity contribution in [1.29, 1.82) is 0 Å². The number of hydrogen-bond acceptors (Lipinski definition) is 9. The van der Waals surface area contributed by atoms with Crippen molar-refractivity contribution in [3.8, 4) is 11.3 Å². The van der Waals surface area contributed by atoms with Gasteiger partial charge in [-0.1, -0.05) is 57.9 Å². The molecule has 320 valence electrons. The molecule has 5 aromatic rings. The SMILES string of the molecule is C=CN(C)c1c(CCN2CCN(Cc3ccc4nc5n(c4c3)C[C@H](C)CCCCc3c(cnn3C)-c3cc(cc(C)n3)C(=C)N5)CC2)cccc1N(C)C1CCC(=C)NC1=C. The number of nitrogens with zero attached hydrogens (tertiary/aromatic N) is 9. The van der Waals surface area contributed by atoms with Gasteiger partial charge in [-0.15, -0.1) is 0 Å². The molecule has 0 spiro atoms. The third-order valence-corrected chi connectivity index (χ3v) is 13.2. The van der Waals surface area contributed by atoms with Gasteiger partial charge in [0.2, 0.25) is 5.95 Å². The van der Waals surface area contributed by atoms with E-state index >= 15 is 0 Å². The van der Waals surface area contributed by atoms with Crippen molar-refractivity contribution in [2.75, 3.05) is 61.9 Å². The highest BCUT2D eigenvalue weighted by molar-refractivity contribution is 5.83. The van der Waals surface area contributed by atoms with Crippen molar-refractivity contribution in [2.24, 2.45) is 13.0 Å². The van der Waals surface area contributed by atoms with Crippen LogP contribution < -0.4 is 20.4 Å². The van der Waals surface area contributed by atoms with E-state index in [0.717, 1.165) is 142 Å². The number of hydrogen-bond donors (Lipinski definition) is 2. The quantitative estimate of drug-likeness (QED) is 0.152. The van der Waals surface area contributed by atoms with Crippen LogP contribution in [-0.2, 0) is 33.0 Å². The number of allylic oxidation sites excluding steroid dienone is 1. The fraction of sp³-hybridized carbons (Fsp3) is 0.420. The summed E-state index contributed by atoms with van der Waals surface area (Å²) in [7, 11) is 6.33. The largest absolute Gasteiger partial charge is 0.364 e. The second-order valence-corrected chi connectivity index (χ2v) is 17.7. The molecular formula is C50H65N11. The minimum atomic E-state index is 0.205. The molecule has 8 rings (SSSR count). The van der Waals surface area contributed by atoms with E-state index in [2.05, 4.69) is 136 Å². The summed E-state index contributed by atoms with van der Waals surface area (Å²) in [5.74, 6) is 1.32. The van der Waals surface area contributed by atoms with Crippen LogP contribution in [0.3, 0.4) is 0 Å². The molecule has 2 aromatic carbocycles. The van der Waals surface area contributed by atoms with Crippen LogP contribution in [0.25, 0.3) is 28.0 Å². The number of nitrogens with one attached hydrogen (secondary N) is 2. The summed E-state index contributed by atoms with van der Waals surface area (Å²) in [6.45, 7) is 28.5. The molecule has 3 aliphatic heterocycles. The molecule has 1 unspecified atom stereocenters.